The lowest BCUT2D eigenvalue weighted by atomic mass is 9.68. The molecule has 0 saturated heterocycles. The molecule has 266 valence electrons. The summed E-state index contributed by atoms with van der Waals surface area (Å²) in [5.41, 5.74) is 3.24. The van der Waals surface area contributed by atoms with Gasteiger partial charge in [-0.05, 0) is 111 Å². The van der Waals surface area contributed by atoms with Crippen molar-refractivity contribution >= 4 is 47.4 Å². The largest absolute Gasteiger partial charge is 0.490 e. The number of hydrogen-bond acceptors (Lipinski definition) is 7. The molecule has 12 heteroatoms. The summed E-state index contributed by atoms with van der Waals surface area (Å²) >= 11 is 6.44. The van der Waals surface area contributed by atoms with Crippen molar-refractivity contribution in [3.8, 4) is 5.75 Å². The highest BCUT2D eigenvalue weighted by Gasteiger charge is 2.44. The molecule has 5 atom stereocenters. The maximum atomic E-state index is 13.4. The molecule has 9 nitrogen and oxygen atoms in total. The van der Waals surface area contributed by atoms with E-state index in [4.69, 9.17) is 21.1 Å². The van der Waals surface area contributed by atoms with Gasteiger partial charge in [0.2, 0.25) is 10.0 Å². The third-order valence-corrected chi connectivity index (χ3v) is 14.6. The van der Waals surface area contributed by atoms with Gasteiger partial charge in [-0.1, -0.05) is 49.5 Å². The number of rotatable bonds is 4. The minimum Gasteiger partial charge on any atom is -0.490 e. The number of anilines is 1. The zero-order valence-electron chi connectivity index (χ0n) is 29.1. The number of hydrogen-bond donors (Lipinski definition) is 2. The molecule has 0 radical (unpaired) electrons. The molecule has 2 aliphatic carbocycles. The van der Waals surface area contributed by atoms with Crippen LogP contribution in [0.3, 0.4) is 0 Å². The molecule has 2 aliphatic heterocycles. The summed E-state index contributed by atoms with van der Waals surface area (Å²) in [7, 11) is -5.29. The second kappa shape index (κ2) is 14.3. The van der Waals surface area contributed by atoms with E-state index in [9.17, 15) is 18.0 Å². The van der Waals surface area contributed by atoms with E-state index in [1.54, 1.807) is 25.1 Å². The van der Waals surface area contributed by atoms with Gasteiger partial charge in [-0.25, -0.2) is 17.9 Å². The molecule has 1 fully saturated rings. The van der Waals surface area contributed by atoms with Crippen molar-refractivity contribution in [1.29, 1.82) is 0 Å². The third-order valence-electron chi connectivity index (χ3n) is 10.9. The van der Waals surface area contributed by atoms with Crippen LogP contribution in [0.15, 0.2) is 48.6 Å². The van der Waals surface area contributed by atoms with E-state index in [0.29, 0.717) is 44.9 Å². The first-order valence-corrected chi connectivity index (χ1v) is 23.3. The number of fused-ring (bicyclic) bond motifs is 4. The van der Waals surface area contributed by atoms with Crippen LogP contribution in [0, 0.1) is 11.8 Å². The van der Waals surface area contributed by atoms with Gasteiger partial charge >= 0.3 is 6.09 Å². The van der Waals surface area contributed by atoms with Crippen LogP contribution in [-0.4, -0.2) is 66.1 Å². The Morgan fingerprint density at radius 3 is 2.73 bits per heavy atom. The Bertz CT molecular complexity index is 1710. The molecule has 0 unspecified atom stereocenters. The zero-order valence-corrected chi connectivity index (χ0v) is 31.7. The number of alkyl carbamates (subject to hydrolysis) is 1. The molecule has 2 heterocycles. The van der Waals surface area contributed by atoms with Crippen LogP contribution in [0.5, 0.6) is 5.75 Å². The van der Waals surface area contributed by atoms with Gasteiger partial charge in [0.05, 0.1) is 30.2 Å². The Hall–Kier alpha value is -3.02. The molecule has 4 aliphatic rings. The van der Waals surface area contributed by atoms with E-state index in [-0.39, 0.29) is 28.9 Å². The van der Waals surface area contributed by atoms with Gasteiger partial charge < -0.3 is 19.7 Å². The van der Waals surface area contributed by atoms with Crippen molar-refractivity contribution < 1.29 is 27.5 Å². The number of nitrogens with one attached hydrogen (secondary N) is 2. The number of ether oxygens (including phenoxy) is 2. The van der Waals surface area contributed by atoms with Gasteiger partial charge in [0, 0.05) is 37.2 Å². The average molecular weight is 728 g/mol. The molecule has 2 aromatic rings. The monoisotopic (exact) mass is 727 g/mol. The average Bonchev–Trinajstić information content (AvgIpc) is 3.16. The van der Waals surface area contributed by atoms with Gasteiger partial charge in [-0.2, -0.15) is 0 Å². The quantitative estimate of drug-likeness (QED) is 0.256. The van der Waals surface area contributed by atoms with Crippen LogP contribution < -0.4 is 19.7 Å². The van der Waals surface area contributed by atoms with E-state index in [1.807, 2.05) is 18.2 Å². The Kier molecular flexibility index (Phi) is 10.4. The lowest BCUT2D eigenvalue weighted by Gasteiger charge is -2.46. The van der Waals surface area contributed by atoms with Gasteiger partial charge in [0.1, 0.15) is 5.75 Å². The van der Waals surface area contributed by atoms with Crippen molar-refractivity contribution in [2.75, 3.05) is 31.2 Å². The number of allylic oxidation sites excluding steroid dienone is 1. The number of halogens is 1. The highest BCUT2D eigenvalue weighted by Crippen LogP contribution is 2.47. The molecule has 2 N–H and O–H groups in total. The molecule has 6 rings (SSSR count). The van der Waals surface area contributed by atoms with Crippen molar-refractivity contribution in [2.24, 2.45) is 11.8 Å². The molecule has 2 bridgehead atoms. The Balaban J connectivity index is 1.35. The summed E-state index contributed by atoms with van der Waals surface area (Å²) in [6, 6.07) is 12.0. The number of carbonyl (C=O) groups is 2. The number of nitrogens with zero attached hydrogens (tertiary/aromatic N) is 1. The van der Waals surface area contributed by atoms with Crippen molar-refractivity contribution in [3.63, 3.8) is 0 Å². The van der Waals surface area contributed by atoms with Gasteiger partial charge in [0.25, 0.3) is 5.91 Å². The normalized spacial score (nSPS) is 28.8. The van der Waals surface area contributed by atoms with Crippen LogP contribution in [0.25, 0.3) is 0 Å². The number of benzene rings is 2. The molecular weight excluding hydrogens is 678 g/mol. The summed E-state index contributed by atoms with van der Waals surface area (Å²) in [4.78, 5) is 28.8. The fraction of sp³-hybridized carbons (Fsp3) is 0.568. The van der Waals surface area contributed by atoms with Crippen LogP contribution in [-0.2, 0) is 26.6 Å². The van der Waals surface area contributed by atoms with Crippen molar-refractivity contribution in [2.45, 2.75) is 94.3 Å². The molecule has 1 saturated carbocycles. The smallest absolute Gasteiger partial charge is 0.407 e. The first-order valence-electron chi connectivity index (χ1n) is 17.7. The van der Waals surface area contributed by atoms with Gasteiger partial charge in [-0.15, -0.1) is 0 Å². The minimum absolute atomic E-state index is 0.169. The second-order valence-electron chi connectivity index (χ2n) is 15.7. The van der Waals surface area contributed by atoms with E-state index in [0.717, 1.165) is 48.9 Å². The molecule has 1 spiro atoms. The Morgan fingerprint density at radius 2 is 1.98 bits per heavy atom. The standard InChI is InChI=1S/C37H50ClN3O6SSi/c1-25-8-5-6-10-32(39-36(43)46-18-19-49(2,3)4)30-14-11-28(30)22-41-23-37(17-7-9-26-20-29(38)13-15-31(26)37)24-47-34-16-12-27(21-33(34)41)35(42)40-48(25,44)45/h6,10,12-13,15-16,20-21,25,28,30,32H,5,7-9,11,14,17-19,22-24H2,1-4H3,(H,39,43)(H,40,42)/b10-6-/t25-,28+,30-,32+,37+/m1/s1. The van der Waals surface area contributed by atoms with E-state index in [1.165, 1.54) is 11.1 Å². The number of aryl methyl sites for hydroxylation is 1. The first-order chi connectivity index (χ1) is 23.2. The van der Waals surface area contributed by atoms with Crippen LogP contribution >= 0.6 is 11.6 Å². The summed E-state index contributed by atoms with van der Waals surface area (Å²) in [5.74, 6) is 0.454. The predicted octanol–water partition coefficient (Wildman–Crippen LogP) is 7.07. The molecule has 2 aromatic carbocycles. The Morgan fingerprint density at radius 1 is 1.16 bits per heavy atom. The highest BCUT2D eigenvalue weighted by molar-refractivity contribution is 7.90. The van der Waals surface area contributed by atoms with Crippen LogP contribution in [0.1, 0.15) is 66.9 Å². The van der Waals surface area contributed by atoms with Gasteiger partial charge in [-0.3, -0.25) is 4.79 Å². The molecule has 49 heavy (non-hydrogen) atoms. The zero-order chi connectivity index (χ0) is 35.0. The third kappa shape index (κ3) is 8.15. The molecular formula is C37H50ClN3O6SSi. The fourth-order valence-electron chi connectivity index (χ4n) is 7.78. The molecule has 2 amide bonds. The highest BCUT2D eigenvalue weighted by atomic mass is 35.5. The maximum absolute atomic E-state index is 13.4. The van der Waals surface area contributed by atoms with E-state index < -0.39 is 35.3 Å². The summed E-state index contributed by atoms with van der Waals surface area (Å²) in [6.45, 7) is 10.6. The van der Waals surface area contributed by atoms with E-state index >= 15 is 0 Å². The first kappa shape index (κ1) is 35.8. The maximum Gasteiger partial charge on any atom is 0.407 e. The molecule has 0 aromatic heterocycles. The SMILES string of the molecule is C[C@@H]1CC/C=C\[C@H](NC(=O)OCC[Si](C)(C)C)[C@@H]2CC[C@H]2CN2C[C@@]3(CCCc4cc(Cl)ccc43)COc3ccc(cc32)C(=O)NS1(=O)=O. The summed E-state index contributed by atoms with van der Waals surface area (Å²) in [6.07, 6.45) is 9.25. The fourth-order valence-corrected chi connectivity index (χ4v) is 9.71. The number of carbonyl (C=O) groups excluding carboxylic acids is 2. The lowest BCUT2D eigenvalue weighted by Crippen LogP contribution is -2.52. The predicted molar refractivity (Wildman–Crippen MR) is 197 cm³/mol. The van der Waals surface area contributed by atoms with Crippen LogP contribution in [0.4, 0.5) is 10.5 Å². The summed E-state index contributed by atoms with van der Waals surface area (Å²) in [5, 5.41) is 3.10. The van der Waals surface area contributed by atoms with Crippen LogP contribution in [0.2, 0.25) is 30.7 Å². The topological polar surface area (TPSA) is 114 Å². The lowest BCUT2D eigenvalue weighted by molar-refractivity contribution is 0.0981. The minimum atomic E-state index is -3.93. The van der Waals surface area contributed by atoms with Crippen molar-refractivity contribution in [1.82, 2.24) is 10.0 Å². The number of sulfonamides is 1. The second-order valence-corrected chi connectivity index (χ2v) is 23.9. The number of amides is 2. The van der Waals surface area contributed by atoms with E-state index in [2.05, 4.69) is 46.7 Å². The van der Waals surface area contributed by atoms with Crippen molar-refractivity contribution in [3.05, 3.63) is 70.3 Å². The van der Waals surface area contributed by atoms with Gasteiger partial charge in [0.15, 0.2) is 0 Å². The summed E-state index contributed by atoms with van der Waals surface area (Å²) < 4.78 is 41.0. The Labute approximate surface area is 297 Å².